The molecule has 6 heteroatoms. The fraction of sp³-hybridized carbons (Fsp3) is 0.250. The molecule has 18 heavy (non-hydrogen) atoms. The summed E-state index contributed by atoms with van der Waals surface area (Å²) in [5.41, 5.74) is -0.898. The minimum atomic E-state index is -4.69. The molecule has 1 aromatic carbocycles. The number of nitrogens with one attached hydrogen (secondary N) is 1. The number of alkyl halides is 3. The predicted molar refractivity (Wildman–Crippen MR) is 59.6 cm³/mol. The van der Waals surface area contributed by atoms with E-state index in [0.717, 1.165) is 6.07 Å². The van der Waals surface area contributed by atoms with Crippen molar-refractivity contribution in [2.24, 2.45) is 0 Å². The van der Waals surface area contributed by atoms with Gasteiger partial charge in [0.1, 0.15) is 0 Å². The lowest BCUT2D eigenvalue weighted by atomic mass is 9.97. The Morgan fingerprint density at radius 2 is 2.11 bits per heavy atom. The second kappa shape index (κ2) is 4.04. The van der Waals surface area contributed by atoms with Gasteiger partial charge in [-0.2, -0.15) is 13.2 Å². The molecule has 1 aromatic heterocycles. The number of benzene rings is 1. The summed E-state index contributed by atoms with van der Waals surface area (Å²) in [5, 5.41) is 8.84. The smallest absolute Gasteiger partial charge is 0.417 e. The zero-order valence-electron chi connectivity index (χ0n) is 9.43. The number of hydrogen-bond donors (Lipinski definition) is 2. The summed E-state index contributed by atoms with van der Waals surface area (Å²) in [4.78, 5) is 13.7. The Bertz CT molecular complexity index is 614. The van der Waals surface area contributed by atoms with Crippen molar-refractivity contribution < 1.29 is 23.1 Å². The molecular formula is C12H10F3NO2. The Labute approximate surface area is 100 Å². The fourth-order valence-corrected chi connectivity index (χ4v) is 2.06. The summed E-state index contributed by atoms with van der Waals surface area (Å²) >= 11 is 0. The number of H-pyrrole nitrogens is 1. The number of carboxylic acids is 1. The van der Waals surface area contributed by atoms with Gasteiger partial charge in [-0.05, 0) is 24.1 Å². The average Bonchev–Trinajstić information content (AvgIpc) is 2.73. The largest absolute Gasteiger partial charge is 0.478 e. The van der Waals surface area contributed by atoms with Crippen LogP contribution in [0.2, 0.25) is 0 Å². The Kier molecular flexibility index (Phi) is 2.80. The molecule has 0 saturated carbocycles. The number of rotatable bonds is 2. The molecule has 0 saturated heterocycles. The molecule has 0 aliphatic carbocycles. The van der Waals surface area contributed by atoms with Crippen molar-refractivity contribution >= 4 is 16.9 Å². The first-order valence-corrected chi connectivity index (χ1v) is 5.29. The van der Waals surface area contributed by atoms with E-state index >= 15 is 0 Å². The van der Waals surface area contributed by atoms with Crippen molar-refractivity contribution in [3.63, 3.8) is 0 Å². The van der Waals surface area contributed by atoms with Gasteiger partial charge in [-0.3, -0.25) is 0 Å². The first-order chi connectivity index (χ1) is 8.36. The topological polar surface area (TPSA) is 53.1 Å². The number of carbonyl (C=O) groups is 1. The lowest BCUT2D eigenvalue weighted by Crippen LogP contribution is -2.14. The van der Waals surface area contributed by atoms with Gasteiger partial charge in [-0.15, -0.1) is 0 Å². The lowest BCUT2D eigenvalue weighted by molar-refractivity contribution is -0.136. The quantitative estimate of drug-likeness (QED) is 0.865. The molecule has 0 amide bonds. The molecule has 96 valence electrons. The van der Waals surface area contributed by atoms with E-state index in [2.05, 4.69) is 4.98 Å². The summed E-state index contributed by atoms with van der Waals surface area (Å²) in [6.07, 6.45) is -2.86. The van der Waals surface area contributed by atoms with Crippen LogP contribution >= 0.6 is 0 Å². The third kappa shape index (κ3) is 1.83. The molecule has 2 rings (SSSR count). The summed E-state index contributed by atoms with van der Waals surface area (Å²) in [7, 11) is 0. The Balaban J connectivity index is 2.92. The Morgan fingerprint density at radius 1 is 1.44 bits per heavy atom. The predicted octanol–water partition coefficient (Wildman–Crippen LogP) is 3.45. The van der Waals surface area contributed by atoms with Gasteiger partial charge >= 0.3 is 12.1 Å². The molecule has 1 heterocycles. The molecule has 2 aromatic rings. The molecule has 0 unspecified atom stereocenters. The first kappa shape index (κ1) is 12.5. The molecular weight excluding hydrogens is 247 g/mol. The van der Waals surface area contributed by atoms with Crippen molar-refractivity contribution in [3.05, 3.63) is 35.0 Å². The van der Waals surface area contributed by atoms with Crippen molar-refractivity contribution in [2.75, 3.05) is 0 Å². The highest BCUT2D eigenvalue weighted by Crippen LogP contribution is 2.38. The summed E-state index contributed by atoms with van der Waals surface area (Å²) in [6.45, 7) is 1.76. The number of fused-ring (bicyclic) bond motifs is 1. The Morgan fingerprint density at radius 3 is 2.61 bits per heavy atom. The second-order valence-electron chi connectivity index (χ2n) is 3.88. The molecule has 3 nitrogen and oxygen atoms in total. The van der Waals surface area contributed by atoms with Gasteiger partial charge in [0.2, 0.25) is 0 Å². The minimum Gasteiger partial charge on any atom is -0.478 e. The summed E-state index contributed by atoms with van der Waals surface area (Å²) < 4.78 is 38.9. The zero-order valence-corrected chi connectivity index (χ0v) is 9.43. The van der Waals surface area contributed by atoms with Crippen LogP contribution in [-0.4, -0.2) is 16.1 Å². The molecule has 0 spiro atoms. The lowest BCUT2D eigenvalue weighted by Gasteiger charge is -2.13. The van der Waals surface area contributed by atoms with Crippen LogP contribution in [0.5, 0.6) is 0 Å². The van der Waals surface area contributed by atoms with E-state index in [-0.39, 0.29) is 5.39 Å². The van der Waals surface area contributed by atoms with Crippen LogP contribution < -0.4 is 0 Å². The maximum atomic E-state index is 13.0. The standard InChI is InChI=1S/C12H10F3NO2/c1-2-6-5-8(11(17)18)9(12(13,14)15)7-3-4-16-10(6)7/h3-5,16H,2H2,1H3,(H,17,18). The van der Waals surface area contributed by atoms with Crippen LogP contribution in [0, 0.1) is 0 Å². The van der Waals surface area contributed by atoms with E-state index in [0.29, 0.717) is 17.5 Å². The van der Waals surface area contributed by atoms with Crippen LogP contribution in [0.4, 0.5) is 13.2 Å². The summed E-state index contributed by atoms with van der Waals surface area (Å²) in [5.74, 6) is -1.57. The van der Waals surface area contributed by atoms with E-state index in [1.54, 1.807) is 6.92 Å². The molecule has 0 bridgehead atoms. The van der Waals surface area contributed by atoms with Gasteiger partial charge in [-0.25, -0.2) is 4.79 Å². The third-order valence-corrected chi connectivity index (χ3v) is 2.82. The normalized spacial score (nSPS) is 12.0. The van der Waals surface area contributed by atoms with Crippen molar-refractivity contribution in [1.82, 2.24) is 4.98 Å². The SMILES string of the molecule is CCc1cc(C(=O)O)c(C(F)(F)F)c2cc[nH]c12. The van der Waals surface area contributed by atoms with Crippen molar-refractivity contribution in [2.45, 2.75) is 19.5 Å². The van der Waals surface area contributed by atoms with Gasteiger partial charge in [0.25, 0.3) is 0 Å². The summed E-state index contributed by atoms with van der Waals surface area (Å²) in [6, 6.07) is 2.34. The minimum absolute atomic E-state index is 0.0979. The number of halogens is 3. The van der Waals surface area contributed by atoms with E-state index in [9.17, 15) is 18.0 Å². The van der Waals surface area contributed by atoms with Crippen LogP contribution in [0.15, 0.2) is 18.3 Å². The number of hydrogen-bond acceptors (Lipinski definition) is 1. The highest BCUT2D eigenvalue weighted by molar-refractivity contribution is 5.99. The van der Waals surface area contributed by atoms with Gasteiger partial charge in [0.05, 0.1) is 11.1 Å². The first-order valence-electron chi connectivity index (χ1n) is 5.29. The third-order valence-electron chi connectivity index (χ3n) is 2.82. The number of aromatic nitrogens is 1. The number of aryl methyl sites for hydroxylation is 1. The van der Waals surface area contributed by atoms with Gasteiger partial charge in [-0.1, -0.05) is 6.92 Å². The van der Waals surface area contributed by atoms with Crippen LogP contribution in [-0.2, 0) is 12.6 Å². The molecule has 0 radical (unpaired) electrons. The highest BCUT2D eigenvalue weighted by Gasteiger charge is 2.38. The number of carboxylic acid groups (broad SMARTS) is 1. The van der Waals surface area contributed by atoms with E-state index < -0.39 is 23.3 Å². The van der Waals surface area contributed by atoms with Crippen molar-refractivity contribution in [1.29, 1.82) is 0 Å². The van der Waals surface area contributed by atoms with E-state index in [4.69, 9.17) is 5.11 Å². The van der Waals surface area contributed by atoms with Gasteiger partial charge in [0, 0.05) is 17.1 Å². The van der Waals surface area contributed by atoms with Crippen LogP contribution in [0.3, 0.4) is 0 Å². The molecule has 2 N–H and O–H groups in total. The molecule has 0 fully saturated rings. The maximum absolute atomic E-state index is 13.0. The fourth-order valence-electron chi connectivity index (χ4n) is 2.06. The molecule has 0 aliphatic heterocycles. The van der Waals surface area contributed by atoms with E-state index in [1.165, 1.54) is 12.3 Å². The molecule has 0 aliphatic rings. The highest BCUT2D eigenvalue weighted by atomic mass is 19.4. The molecule has 0 atom stereocenters. The average molecular weight is 257 g/mol. The number of aromatic carboxylic acids is 1. The zero-order chi connectivity index (χ0) is 13.5. The van der Waals surface area contributed by atoms with E-state index in [1.807, 2.05) is 0 Å². The Hall–Kier alpha value is -1.98. The van der Waals surface area contributed by atoms with Gasteiger partial charge < -0.3 is 10.1 Å². The number of aromatic amines is 1. The monoisotopic (exact) mass is 257 g/mol. The second-order valence-corrected chi connectivity index (χ2v) is 3.88. The van der Waals surface area contributed by atoms with Crippen LogP contribution in [0.1, 0.15) is 28.4 Å². The van der Waals surface area contributed by atoms with Crippen molar-refractivity contribution in [3.8, 4) is 0 Å². The van der Waals surface area contributed by atoms with Gasteiger partial charge in [0.15, 0.2) is 0 Å². The van der Waals surface area contributed by atoms with Crippen LogP contribution in [0.25, 0.3) is 10.9 Å². The maximum Gasteiger partial charge on any atom is 0.417 e.